The first-order valence-electron chi connectivity index (χ1n) is 20.7. The highest BCUT2D eigenvalue weighted by molar-refractivity contribution is 7.25. The zero-order valence-electron chi connectivity index (χ0n) is 33.1. The van der Waals surface area contributed by atoms with Crippen LogP contribution in [0.5, 0.6) is 0 Å². The van der Waals surface area contributed by atoms with Gasteiger partial charge in [-0.1, -0.05) is 164 Å². The molecule has 0 radical (unpaired) electrons. The van der Waals surface area contributed by atoms with E-state index in [1.807, 2.05) is 11.3 Å². The second kappa shape index (κ2) is 14.5. The molecule has 0 spiro atoms. The number of benzene rings is 10. The lowest BCUT2D eigenvalue weighted by atomic mass is 9.97. The van der Waals surface area contributed by atoms with Gasteiger partial charge in [-0.2, -0.15) is 0 Å². The third kappa shape index (κ3) is 6.09. The summed E-state index contributed by atoms with van der Waals surface area (Å²) < 4.78 is 9.23. The summed E-state index contributed by atoms with van der Waals surface area (Å²) >= 11 is 1.86. The third-order valence-electron chi connectivity index (χ3n) is 12.1. The minimum atomic E-state index is 0.891. The molecule has 2 nitrogen and oxygen atoms in total. The lowest BCUT2D eigenvalue weighted by Crippen LogP contribution is -2.10. The van der Waals surface area contributed by atoms with E-state index in [-0.39, 0.29) is 0 Å². The van der Waals surface area contributed by atoms with Gasteiger partial charge in [-0.15, -0.1) is 11.3 Å². The van der Waals surface area contributed by atoms with Crippen molar-refractivity contribution >= 4 is 81.3 Å². The highest BCUT2D eigenvalue weighted by Crippen LogP contribution is 2.44. The van der Waals surface area contributed by atoms with E-state index in [0.29, 0.717) is 0 Å². The first kappa shape index (κ1) is 35.2. The minimum absolute atomic E-state index is 0.891. The second-order valence-electron chi connectivity index (χ2n) is 15.6. The average Bonchev–Trinajstić information content (AvgIpc) is 3.92. The van der Waals surface area contributed by atoms with E-state index in [1.54, 1.807) is 0 Å². The van der Waals surface area contributed by atoms with Crippen LogP contribution in [0.4, 0.5) is 17.1 Å². The van der Waals surface area contributed by atoms with E-state index >= 15 is 0 Å². The number of thiophene rings is 1. The molecular weight excluding hydrogens is 759 g/mol. The van der Waals surface area contributed by atoms with Crippen LogP contribution in [0.1, 0.15) is 0 Å². The summed E-state index contributed by atoms with van der Waals surface area (Å²) in [6, 6.07) is 81.1. The summed E-state index contributed by atoms with van der Waals surface area (Å²) in [5.74, 6) is 0. The quantitative estimate of drug-likeness (QED) is 0.160. The van der Waals surface area contributed by atoms with Crippen molar-refractivity contribution in [3.63, 3.8) is 0 Å². The number of hydrogen-bond acceptors (Lipinski definition) is 3. The molecule has 0 atom stereocenters. The predicted molar refractivity (Wildman–Crippen MR) is 261 cm³/mol. The zero-order chi connectivity index (χ0) is 40.3. The zero-order valence-corrected chi connectivity index (χ0v) is 33.9. The molecule has 0 saturated carbocycles. The Balaban J connectivity index is 0.969. The van der Waals surface area contributed by atoms with E-state index in [4.69, 9.17) is 4.42 Å². The summed E-state index contributed by atoms with van der Waals surface area (Å²) in [5.41, 5.74) is 14.6. The highest BCUT2D eigenvalue weighted by Gasteiger charge is 2.19. The first-order valence-corrected chi connectivity index (χ1v) is 21.6. The number of anilines is 3. The Labute approximate surface area is 357 Å². The van der Waals surface area contributed by atoms with Crippen molar-refractivity contribution in [3.05, 3.63) is 224 Å². The molecule has 3 heteroatoms. The first-order chi connectivity index (χ1) is 30.2. The molecule has 0 unspecified atom stereocenters. The number of nitrogens with zero attached hydrogens (tertiary/aromatic N) is 1. The van der Waals surface area contributed by atoms with Gasteiger partial charge in [-0.05, 0) is 111 Å². The Kier molecular flexibility index (Phi) is 8.39. The van der Waals surface area contributed by atoms with Crippen LogP contribution in [0, 0.1) is 0 Å². The average molecular weight is 796 g/mol. The predicted octanol–water partition coefficient (Wildman–Crippen LogP) is 17.2. The molecule has 0 N–H and O–H groups in total. The maximum Gasteiger partial charge on any atom is 0.143 e. The van der Waals surface area contributed by atoms with Gasteiger partial charge in [0.1, 0.15) is 11.2 Å². The Morgan fingerprint density at radius 1 is 0.328 bits per heavy atom. The Bertz CT molecular complexity index is 3560. The third-order valence-corrected chi connectivity index (χ3v) is 13.2. The summed E-state index contributed by atoms with van der Waals surface area (Å²) in [4.78, 5) is 2.37. The summed E-state index contributed by atoms with van der Waals surface area (Å²) in [6.07, 6.45) is 0. The smallest absolute Gasteiger partial charge is 0.143 e. The van der Waals surface area contributed by atoms with Gasteiger partial charge < -0.3 is 9.32 Å². The highest BCUT2D eigenvalue weighted by atomic mass is 32.1. The molecule has 0 bridgehead atoms. The van der Waals surface area contributed by atoms with Crippen LogP contribution in [0.2, 0.25) is 0 Å². The number of hydrogen-bond donors (Lipinski definition) is 0. The van der Waals surface area contributed by atoms with Crippen molar-refractivity contribution in [1.82, 2.24) is 0 Å². The molecule has 286 valence electrons. The van der Waals surface area contributed by atoms with Crippen LogP contribution in [0.15, 0.2) is 229 Å². The van der Waals surface area contributed by atoms with Crippen molar-refractivity contribution in [2.45, 2.75) is 0 Å². The molecule has 2 aromatic heterocycles. The van der Waals surface area contributed by atoms with E-state index in [2.05, 4.69) is 229 Å². The van der Waals surface area contributed by atoms with Gasteiger partial charge >= 0.3 is 0 Å². The van der Waals surface area contributed by atoms with Crippen molar-refractivity contribution in [2.24, 2.45) is 0 Å². The van der Waals surface area contributed by atoms with E-state index in [0.717, 1.165) is 55.5 Å². The summed E-state index contributed by atoms with van der Waals surface area (Å²) in [5, 5.41) is 7.20. The fourth-order valence-electron chi connectivity index (χ4n) is 9.15. The molecule has 12 rings (SSSR count). The minimum Gasteiger partial charge on any atom is -0.455 e. The SMILES string of the molecule is c1ccc(-c2ccc(-c3ccc(N(c4ccc(-c5cccc6sc7ccccc7c56)cc4)c4cccc(-c5cccc6oc7c8ccccc8ccc7c56)c4)cc3)cc2)cc1. The molecule has 0 saturated heterocycles. The van der Waals surface area contributed by atoms with Crippen molar-refractivity contribution < 1.29 is 4.42 Å². The molecule has 0 aliphatic rings. The van der Waals surface area contributed by atoms with Crippen LogP contribution >= 0.6 is 11.3 Å². The fourth-order valence-corrected chi connectivity index (χ4v) is 10.3. The number of rotatable bonds is 7. The molecule has 0 aliphatic carbocycles. The molecule has 0 fully saturated rings. The van der Waals surface area contributed by atoms with Gasteiger partial charge in [-0.3, -0.25) is 0 Å². The lowest BCUT2D eigenvalue weighted by Gasteiger charge is -2.26. The molecule has 10 aromatic carbocycles. The van der Waals surface area contributed by atoms with Gasteiger partial charge in [0.05, 0.1) is 0 Å². The largest absolute Gasteiger partial charge is 0.455 e. The molecule has 0 amide bonds. The maximum absolute atomic E-state index is 6.60. The fraction of sp³-hybridized carbons (Fsp3) is 0. The van der Waals surface area contributed by atoms with Crippen LogP contribution < -0.4 is 4.90 Å². The number of fused-ring (bicyclic) bond motifs is 8. The van der Waals surface area contributed by atoms with Gasteiger partial charge in [-0.25, -0.2) is 0 Å². The van der Waals surface area contributed by atoms with Gasteiger partial charge in [0, 0.05) is 53.4 Å². The molecule has 61 heavy (non-hydrogen) atoms. The lowest BCUT2D eigenvalue weighted by molar-refractivity contribution is 0.673. The Hall–Kier alpha value is -7.72. The van der Waals surface area contributed by atoms with E-state index in [1.165, 1.54) is 58.9 Å². The van der Waals surface area contributed by atoms with E-state index < -0.39 is 0 Å². The standard InChI is InChI=1S/C58H37NOS/c1-2-11-38(12-3-1)39-23-25-40(26-24-39)41-27-32-45(33-28-41)59(46-34-29-43(30-35-46)48-19-10-22-55-57(48)51-17-6-7-21-54(51)61-55)47-15-8-14-44(37-47)49-18-9-20-53-56(49)52-36-31-42-13-4-5-16-50(42)58(52)60-53/h1-37H. The van der Waals surface area contributed by atoms with E-state index in [9.17, 15) is 0 Å². The summed E-state index contributed by atoms with van der Waals surface area (Å²) in [6.45, 7) is 0. The maximum atomic E-state index is 6.60. The van der Waals surface area contributed by atoms with Crippen LogP contribution in [-0.4, -0.2) is 0 Å². The Morgan fingerprint density at radius 2 is 0.885 bits per heavy atom. The normalized spacial score (nSPS) is 11.6. The number of furan rings is 1. The van der Waals surface area contributed by atoms with Gasteiger partial charge in [0.2, 0.25) is 0 Å². The second-order valence-corrected chi connectivity index (χ2v) is 16.7. The van der Waals surface area contributed by atoms with Gasteiger partial charge in [0.25, 0.3) is 0 Å². The van der Waals surface area contributed by atoms with Gasteiger partial charge in [0.15, 0.2) is 0 Å². The molecule has 0 aliphatic heterocycles. The van der Waals surface area contributed by atoms with Crippen LogP contribution in [0.25, 0.3) is 97.4 Å². The molecule has 2 heterocycles. The summed E-state index contributed by atoms with van der Waals surface area (Å²) in [7, 11) is 0. The van der Waals surface area contributed by atoms with Crippen molar-refractivity contribution in [2.75, 3.05) is 4.90 Å². The Morgan fingerprint density at radius 3 is 1.64 bits per heavy atom. The monoisotopic (exact) mass is 795 g/mol. The molecular formula is C58H37NOS. The topological polar surface area (TPSA) is 16.4 Å². The van der Waals surface area contributed by atoms with Crippen LogP contribution in [0.3, 0.4) is 0 Å². The van der Waals surface area contributed by atoms with Crippen molar-refractivity contribution in [3.8, 4) is 44.5 Å². The molecule has 12 aromatic rings. The van der Waals surface area contributed by atoms with Crippen LogP contribution in [-0.2, 0) is 0 Å². The van der Waals surface area contributed by atoms with Crippen molar-refractivity contribution in [1.29, 1.82) is 0 Å².